The van der Waals surface area contributed by atoms with Gasteiger partial charge in [-0.2, -0.15) is 0 Å². The molecule has 0 amide bonds. The van der Waals surface area contributed by atoms with Crippen molar-refractivity contribution in [1.29, 1.82) is 0 Å². The van der Waals surface area contributed by atoms with Crippen LogP contribution in [0, 0.1) is 0 Å². The van der Waals surface area contributed by atoms with Crippen LogP contribution in [0.3, 0.4) is 0 Å². The standard InChI is InChI=1S/C7H13NO2/c1-7(6-8-9)4-3-5-10-2/h4,6,9H,3,5H2,1-2H3. The second-order valence-corrected chi connectivity index (χ2v) is 1.97. The van der Waals surface area contributed by atoms with E-state index in [0.29, 0.717) is 6.61 Å². The zero-order chi connectivity index (χ0) is 7.82. The molecule has 0 heterocycles. The van der Waals surface area contributed by atoms with Gasteiger partial charge in [-0.05, 0) is 18.9 Å². The Morgan fingerprint density at radius 2 is 2.40 bits per heavy atom. The molecule has 0 unspecified atom stereocenters. The van der Waals surface area contributed by atoms with Gasteiger partial charge in [0, 0.05) is 13.7 Å². The molecule has 3 heteroatoms. The predicted molar refractivity (Wildman–Crippen MR) is 40.5 cm³/mol. The first-order valence-electron chi connectivity index (χ1n) is 3.14. The summed E-state index contributed by atoms with van der Waals surface area (Å²) in [4.78, 5) is 0. The molecule has 1 N–H and O–H groups in total. The summed E-state index contributed by atoms with van der Waals surface area (Å²) >= 11 is 0. The molecule has 0 radical (unpaired) electrons. The summed E-state index contributed by atoms with van der Waals surface area (Å²) in [5, 5.41) is 11.0. The van der Waals surface area contributed by atoms with Crippen molar-refractivity contribution in [1.82, 2.24) is 0 Å². The van der Waals surface area contributed by atoms with E-state index in [1.54, 1.807) is 7.11 Å². The molecule has 0 aromatic rings. The van der Waals surface area contributed by atoms with E-state index in [1.807, 2.05) is 13.0 Å². The monoisotopic (exact) mass is 143 g/mol. The van der Waals surface area contributed by atoms with E-state index in [0.717, 1.165) is 12.0 Å². The van der Waals surface area contributed by atoms with Gasteiger partial charge in [0.05, 0.1) is 6.21 Å². The fourth-order valence-electron chi connectivity index (χ4n) is 0.548. The minimum atomic E-state index is 0.705. The highest BCUT2D eigenvalue weighted by Crippen LogP contribution is 1.91. The Morgan fingerprint density at radius 3 is 2.90 bits per heavy atom. The van der Waals surface area contributed by atoms with Crippen molar-refractivity contribution >= 4 is 6.21 Å². The topological polar surface area (TPSA) is 41.8 Å². The van der Waals surface area contributed by atoms with Crippen LogP contribution in [-0.4, -0.2) is 25.1 Å². The van der Waals surface area contributed by atoms with Crippen LogP contribution in [0.15, 0.2) is 16.8 Å². The first-order chi connectivity index (χ1) is 4.81. The van der Waals surface area contributed by atoms with Gasteiger partial charge >= 0.3 is 0 Å². The van der Waals surface area contributed by atoms with E-state index in [2.05, 4.69) is 5.16 Å². The van der Waals surface area contributed by atoms with Crippen LogP contribution in [0.4, 0.5) is 0 Å². The number of nitrogens with zero attached hydrogens (tertiary/aromatic N) is 1. The Kier molecular flexibility index (Phi) is 5.77. The predicted octanol–water partition coefficient (Wildman–Crippen LogP) is 1.43. The third kappa shape index (κ3) is 5.31. The number of rotatable bonds is 4. The molecule has 0 fully saturated rings. The van der Waals surface area contributed by atoms with Crippen LogP contribution in [0.5, 0.6) is 0 Å². The smallest absolute Gasteiger partial charge is 0.0687 e. The second kappa shape index (κ2) is 6.29. The largest absolute Gasteiger partial charge is 0.411 e. The minimum absolute atomic E-state index is 0.705. The summed E-state index contributed by atoms with van der Waals surface area (Å²) in [6.07, 6.45) is 4.20. The van der Waals surface area contributed by atoms with Crippen molar-refractivity contribution in [3.8, 4) is 0 Å². The Morgan fingerprint density at radius 1 is 1.70 bits per heavy atom. The third-order valence-electron chi connectivity index (χ3n) is 1.05. The highest BCUT2D eigenvalue weighted by atomic mass is 16.5. The zero-order valence-electron chi connectivity index (χ0n) is 6.37. The van der Waals surface area contributed by atoms with Crippen molar-refractivity contribution in [2.24, 2.45) is 5.16 Å². The highest BCUT2D eigenvalue weighted by molar-refractivity contribution is 5.76. The van der Waals surface area contributed by atoms with E-state index >= 15 is 0 Å². The minimum Gasteiger partial charge on any atom is -0.411 e. The van der Waals surface area contributed by atoms with Gasteiger partial charge in [0.15, 0.2) is 0 Å². The lowest BCUT2D eigenvalue weighted by atomic mass is 10.3. The number of oxime groups is 1. The number of methoxy groups -OCH3 is 1. The maximum atomic E-state index is 8.09. The maximum absolute atomic E-state index is 8.09. The summed E-state index contributed by atoms with van der Waals surface area (Å²) in [6.45, 7) is 2.58. The fourth-order valence-corrected chi connectivity index (χ4v) is 0.548. The molecule has 0 aliphatic rings. The maximum Gasteiger partial charge on any atom is 0.0687 e. The molecular formula is C7H13NO2. The van der Waals surface area contributed by atoms with E-state index in [4.69, 9.17) is 9.94 Å². The fraction of sp³-hybridized carbons (Fsp3) is 0.571. The van der Waals surface area contributed by atoms with Gasteiger partial charge < -0.3 is 9.94 Å². The lowest BCUT2D eigenvalue weighted by Crippen LogP contribution is -1.86. The normalized spacial score (nSPS) is 12.8. The number of hydrogen-bond donors (Lipinski definition) is 1. The number of ether oxygens (including phenoxy) is 1. The molecule has 3 nitrogen and oxygen atoms in total. The molecule has 0 atom stereocenters. The molecule has 0 aromatic carbocycles. The van der Waals surface area contributed by atoms with Gasteiger partial charge in [0.1, 0.15) is 0 Å². The van der Waals surface area contributed by atoms with E-state index < -0.39 is 0 Å². The molecule has 58 valence electrons. The summed E-state index contributed by atoms with van der Waals surface area (Å²) in [6, 6.07) is 0. The second-order valence-electron chi connectivity index (χ2n) is 1.97. The molecule has 10 heavy (non-hydrogen) atoms. The lowest BCUT2D eigenvalue weighted by Gasteiger charge is -1.91. The molecule has 0 rings (SSSR count). The molecule has 0 saturated heterocycles. The van der Waals surface area contributed by atoms with Crippen LogP contribution in [0.2, 0.25) is 0 Å². The average molecular weight is 143 g/mol. The Hall–Kier alpha value is -0.830. The molecule has 0 aliphatic carbocycles. The van der Waals surface area contributed by atoms with Crippen LogP contribution in [0.25, 0.3) is 0 Å². The average Bonchev–Trinajstić information content (AvgIpc) is 1.89. The van der Waals surface area contributed by atoms with Gasteiger partial charge in [-0.15, -0.1) is 0 Å². The van der Waals surface area contributed by atoms with Crippen molar-refractivity contribution < 1.29 is 9.94 Å². The highest BCUT2D eigenvalue weighted by Gasteiger charge is 1.82. The summed E-state index contributed by atoms with van der Waals surface area (Å²) < 4.78 is 4.82. The van der Waals surface area contributed by atoms with E-state index in [1.165, 1.54) is 6.21 Å². The van der Waals surface area contributed by atoms with Gasteiger partial charge in [-0.3, -0.25) is 0 Å². The quantitative estimate of drug-likeness (QED) is 0.280. The van der Waals surface area contributed by atoms with Gasteiger partial charge in [0.2, 0.25) is 0 Å². The van der Waals surface area contributed by atoms with E-state index in [9.17, 15) is 0 Å². The molecule has 0 bridgehead atoms. The molecule has 0 saturated carbocycles. The molecule has 0 aromatic heterocycles. The summed E-state index contributed by atoms with van der Waals surface area (Å²) in [7, 11) is 1.66. The Balaban J connectivity index is 3.47. The third-order valence-corrected chi connectivity index (χ3v) is 1.05. The van der Waals surface area contributed by atoms with Crippen LogP contribution in [-0.2, 0) is 4.74 Å². The van der Waals surface area contributed by atoms with Gasteiger partial charge in [-0.25, -0.2) is 0 Å². The first-order valence-corrected chi connectivity index (χ1v) is 3.14. The summed E-state index contributed by atoms with van der Waals surface area (Å²) in [5.74, 6) is 0. The lowest BCUT2D eigenvalue weighted by molar-refractivity contribution is 0.204. The summed E-state index contributed by atoms with van der Waals surface area (Å²) in [5.41, 5.74) is 0.944. The molecule has 0 aliphatic heterocycles. The number of hydrogen-bond acceptors (Lipinski definition) is 3. The zero-order valence-corrected chi connectivity index (χ0v) is 6.37. The van der Waals surface area contributed by atoms with Crippen molar-refractivity contribution in [2.45, 2.75) is 13.3 Å². The van der Waals surface area contributed by atoms with E-state index in [-0.39, 0.29) is 0 Å². The van der Waals surface area contributed by atoms with Crippen LogP contribution in [0.1, 0.15) is 13.3 Å². The first kappa shape index (κ1) is 9.17. The van der Waals surface area contributed by atoms with Crippen molar-refractivity contribution in [2.75, 3.05) is 13.7 Å². The van der Waals surface area contributed by atoms with Gasteiger partial charge in [0.25, 0.3) is 0 Å². The molecule has 0 spiro atoms. The Bertz CT molecular complexity index is 130. The van der Waals surface area contributed by atoms with Crippen LogP contribution < -0.4 is 0 Å². The van der Waals surface area contributed by atoms with Crippen molar-refractivity contribution in [3.63, 3.8) is 0 Å². The SMILES string of the molecule is COCCC=C(C)C=NO. The van der Waals surface area contributed by atoms with Crippen LogP contribution >= 0.6 is 0 Å². The molecular weight excluding hydrogens is 130 g/mol. The number of allylic oxidation sites excluding steroid dienone is 1. The Labute approximate surface area is 61.0 Å². The van der Waals surface area contributed by atoms with Crippen molar-refractivity contribution in [3.05, 3.63) is 11.6 Å². The van der Waals surface area contributed by atoms with Gasteiger partial charge in [-0.1, -0.05) is 11.2 Å².